The molecule has 1 atom stereocenters. The van der Waals surface area contributed by atoms with E-state index in [4.69, 9.17) is 4.74 Å². The monoisotopic (exact) mass is 206 g/mol. The fraction of sp³-hybridized carbons (Fsp3) is 0.455. The van der Waals surface area contributed by atoms with Crippen molar-refractivity contribution < 1.29 is 9.53 Å². The first-order valence-corrected chi connectivity index (χ1v) is 5.11. The van der Waals surface area contributed by atoms with Crippen LogP contribution in [0.2, 0.25) is 0 Å². The number of aromatic nitrogens is 1. The van der Waals surface area contributed by atoms with Gasteiger partial charge in [-0.15, -0.1) is 0 Å². The van der Waals surface area contributed by atoms with Crippen molar-refractivity contribution in [1.82, 2.24) is 4.98 Å². The van der Waals surface area contributed by atoms with Crippen molar-refractivity contribution in [3.63, 3.8) is 0 Å². The number of rotatable bonds is 2. The van der Waals surface area contributed by atoms with Gasteiger partial charge < -0.3 is 10.1 Å². The number of hydrogen-bond donors (Lipinski definition) is 1. The van der Waals surface area contributed by atoms with Crippen LogP contribution in [-0.4, -0.2) is 23.6 Å². The van der Waals surface area contributed by atoms with Crippen LogP contribution in [0.1, 0.15) is 18.4 Å². The van der Waals surface area contributed by atoms with Gasteiger partial charge in [0.25, 0.3) is 5.91 Å². The van der Waals surface area contributed by atoms with Crippen molar-refractivity contribution in [3.8, 4) is 0 Å². The molecule has 0 saturated carbocycles. The lowest BCUT2D eigenvalue weighted by molar-refractivity contribution is -0.124. The van der Waals surface area contributed by atoms with Gasteiger partial charge in [-0.25, -0.2) is 4.98 Å². The van der Waals surface area contributed by atoms with Crippen LogP contribution in [-0.2, 0) is 9.53 Å². The molecule has 1 aromatic heterocycles. The number of aryl methyl sites for hydroxylation is 1. The minimum absolute atomic E-state index is 0.0886. The van der Waals surface area contributed by atoms with Crippen molar-refractivity contribution in [2.24, 2.45) is 0 Å². The molecule has 1 amide bonds. The molecule has 0 aromatic carbocycles. The maximum absolute atomic E-state index is 11.7. The molecular formula is C11H14N2O2. The molecule has 0 spiro atoms. The lowest BCUT2D eigenvalue weighted by atomic mass is 10.2. The predicted molar refractivity (Wildman–Crippen MR) is 56.6 cm³/mol. The Hall–Kier alpha value is -1.42. The number of carbonyl (C=O) groups excluding carboxylic acids is 1. The molecule has 2 heterocycles. The molecule has 0 aliphatic carbocycles. The summed E-state index contributed by atoms with van der Waals surface area (Å²) < 4.78 is 5.29. The van der Waals surface area contributed by atoms with Crippen LogP contribution < -0.4 is 5.32 Å². The van der Waals surface area contributed by atoms with Gasteiger partial charge >= 0.3 is 0 Å². The number of nitrogens with one attached hydrogen (secondary N) is 1. The smallest absolute Gasteiger partial charge is 0.254 e. The molecule has 15 heavy (non-hydrogen) atoms. The standard InChI is InChI=1S/C11H14N2O2/c1-8-4-2-6-12-10(8)13-11(14)9-5-3-7-15-9/h2,4,6,9H,3,5,7H2,1H3,(H,12,13,14). The summed E-state index contributed by atoms with van der Waals surface area (Å²) in [5.41, 5.74) is 0.962. The first kappa shape index (κ1) is 10.1. The summed E-state index contributed by atoms with van der Waals surface area (Å²) in [5.74, 6) is 0.535. The highest BCUT2D eigenvalue weighted by atomic mass is 16.5. The van der Waals surface area contributed by atoms with E-state index in [2.05, 4.69) is 10.3 Å². The van der Waals surface area contributed by atoms with Gasteiger partial charge in [0.05, 0.1) is 0 Å². The molecule has 1 N–H and O–H groups in total. The Bertz CT molecular complexity index is 359. The van der Waals surface area contributed by atoms with Crippen LogP contribution in [0.3, 0.4) is 0 Å². The zero-order chi connectivity index (χ0) is 10.7. The average molecular weight is 206 g/mol. The van der Waals surface area contributed by atoms with Gasteiger partial charge in [0.2, 0.25) is 0 Å². The Morgan fingerprint density at radius 3 is 3.20 bits per heavy atom. The van der Waals surface area contributed by atoms with E-state index in [1.807, 2.05) is 19.1 Å². The molecule has 1 unspecified atom stereocenters. The van der Waals surface area contributed by atoms with E-state index in [-0.39, 0.29) is 12.0 Å². The SMILES string of the molecule is Cc1cccnc1NC(=O)C1CCCO1. The number of pyridine rings is 1. The molecule has 1 aliphatic rings. The molecule has 0 bridgehead atoms. The summed E-state index contributed by atoms with van der Waals surface area (Å²) in [4.78, 5) is 15.8. The van der Waals surface area contributed by atoms with Crippen molar-refractivity contribution in [3.05, 3.63) is 23.9 Å². The van der Waals surface area contributed by atoms with Gasteiger partial charge in [0.1, 0.15) is 11.9 Å². The molecular weight excluding hydrogens is 192 g/mol. The number of amides is 1. The third kappa shape index (κ3) is 2.33. The number of nitrogens with zero attached hydrogens (tertiary/aromatic N) is 1. The van der Waals surface area contributed by atoms with E-state index in [9.17, 15) is 4.79 Å². The van der Waals surface area contributed by atoms with Crippen LogP contribution in [0.5, 0.6) is 0 Å². The summed E-state index contributed by atoms with van der Waals surface area (Å²) >= 11 is 0. The van der Waals surface area contributed by atoms with Gasteiger partial charge in [0, 0.05) is 12.8 Å². The van der Waals surface area contributed by atoms with Gasteiger partial charge in [-0.1, -0.05) is 6.07 Å². The fourth-order valence-corrected chi connectivity index (χ4v) is 1.60. The van der Waals surface area contributed by atoms with E-state index in [1.165, 1.54) is 0 Å². The minimum atomic E-state index is -0.300. The lowest BCUT2D eigenvalue weighted by Crippen LogP contribution is -2.27. The van der Waals surface area contributed by atoms with E-state index in [0.717, 1.165) is 18.4 Å². The van der Waals surface area contributed by atoms with Crippen LogP contribution in [0.15, 0.2) is 18.3 Å². The van der Waals surface area contributed by atoms with E-state index < -0.39 is 0 Å². The van der Waals surface area contributed by atoms with Crippen LogP contribution in [0.25, 0.3) is 0 Å². The molecule has 4 heteroatoms. The summed E-state index contributed by atoms with van der Waals surface area (Å²) in [6, 6.07) is 3.76. The van der Waals surface area contributed by atoms with E-state index in [0.29, 0.717) is 12.4 Å². The maximum atomic E-state index is 11.7. The summed E-state index contributed by atoms with van der Waals surface area (Å²) in [7, 11) is 0. The van der Waals surface area contributed by atoms with Crippen LogP contribution >= 0.6 is 0 Å². The topological polar surface area (TPSA) is 51.2 Å². The molecule has 1 fully saturated rings. The highest BCUT2D eigenvalue weighted by Gasteiger charge is 2.23. The Morgan fingerprint density at radius 2 is 2.53 bits per heavy atom. The Labute approximate surface area is 88.7 Å². The molecule has 1 saturated heterocycles. The van der Waals surface area contributed by atoms with Crippen molar-refractivity contribution in [2.45, 2.75) is 25.9 Å². The predicted octanol–water partition coefficient (Wildman–Crippen LogP) is 1.51. The van der Waals surface area contributed by atoms with Crippen LogP contribution in [0.4, 0.5) is 5.82 Å². The van der Waals surface area contributed by atoms with Crippen molar-refractivity contribution >= 4 is 11.7 Å². The first-order chi connectivity index (χ1) is 7.27. The molecule has 2 rings (SSSR count). The Kier molecular flexibility index (Phi) is 2.97. The number of hydrogen-bond acceptors (Lipinski definition) is 3. The van der Waals surface area contributed by atoms with Gasteiger partial charge in [-0.3, -0.25) is 4.79 Å². The van der Waals surface area contributed by atoms with Crippen LogP contribution in [0, 0.1) is 6.92 Å². The Morgan fingerprint density at radius 1 is 1.67 bits per heavy atom. The average Bonchev–Trinajstić information content (AvgIpc) is 2.74. The summed E-state index contributed by atoms with van der Waals surface area (Å²) in [6.07, 6.45) is 3.13. The number of anilines is 1. The fourth-order valence-electron chi connectivity index (χ4n) is 1.60. The normalized spacial score (nSPS) is 20.2. The largest absolute Gasteiger partial charge is 0.368 e. The molecule has 0 radical (unpaired) electrons. The van der Waals surface area contributed by atoms with Crippen molar-refractivity contribution in [1.29, 1.82) is 0 Å². The second-order valence-electron chi connectivity index (χ2n) is 3.66. The first-order valence-electron chi connectivity index (χ1n) is 5.11. The maximum Gasteiger partial charge on any atom is 0.254 e. The zero-order valence-electron chi connectivity index (χ0n) is 8.69. The molecule has 1 aliphatic heterocycles. The van der Waals surface area contributed by atoms with E-state index in [1.54, 1.807) is 6.20 Å². The summed E-state index contributed by atoms with van der Waals surface area (Å²) in [6.45, 7) is 2.59. The minimum Gasteiger partial charge on any atom is -0.368 e. The highest BCUT2D eigenvalue weighted by Crippen LogP contribution is 2.15. The molecule has 1 aromatic rings. The number of carbonyl (C=O) groups is 1. The quantitative estimate of drug-likeness (QED) is 0.798. The Balaban J connectivity index is 2.02. The summed E-state index contributed by atoms with van der Waals surface area (Å²) in [5, 5.41) is 2.78. The lowest BCUT2D eigenvalue weighted by Gasteiger charge is -2.10. The molecule has 4 nitrogen and oxygen atoms in total. The van der Waals surface area contributed by atoms with Gasteiger partial charge in [-0.2, -0.15) is 0 Å². The van der Waals surface area contributed by atoms with Gasteiger partial charge in [-0.05, 0) is 31.4 Å². The zero-order valence-corrected chi connectivity index (χ0v) is 8.69. The third-order valence-electron chi connectivity index (χ3n) is 2.47. The highest BCUT2D eigenvalue weighted by molar-refractivity contribution is 5.94. The van der Waals surface area contributed by atoms with Crippen molar-refractivity contribution in [2.75, 3.05) is 11.9 Å². The van der Waals surface area contributed by atoms with E-state index >= 15 is 0 Å². The second-order valence-corrected chi connectivity index (χ2v) is 3.66. The second kappa shape index (κ2) is 4.40. The molecule has 80 valence electrons. The third-order valence-corrected chi connectivity index (χ3v) is 2.47. The number of ether oxygens (including phenoxy) is 1. The van der Waals surface area contributed by atoms with Gasteiger partial charge in [0.15, 0.2) is 0 Å².